The second-order valence-electron chi connectivity index (χ2n) is 33.4. The molecular formula is C105H117FN12O6. The number of terminal acetylenes is 2. The van der Waals surface area contributed by atoms with Gasteiger partial charge in [0, 0.05) is 117 Å². The molecule has 15 rings (SSSR count). The van der Waals surface area contributed by atoms with Crippen molar-refractivity contribution in [1.29, 1.82) is 0 Å². The molecule has 19 heteroatoms. The van der Waals surface area contributed by atoms with Crippen LogP contribution in [0.5, 0.6) is 0 Å². The topological polar surface area (TPSA) is 217 Å². The maximum atomic E-state index is 14.2. The van der Waals surface area contributed by atoms with Crippen LogP contribution in [0.15, 0.2) is 261 Å². The third-order valence-electron chi connectivity index (χ3n) is 24.3. The van der Waals surface area contributed by atoms with Gasteiger partial charge >= 0.3 is 0 Å². The molecule has 0 aromatic heterocycles. The van der Waals surface area contributed by atoms with Crippen molar-refractivity contribution in [2.24, 2.45) is 5.73 Å². The number of hydrogen-bond acceptors (Lipinski definition) is 12. The van der Waals surface area contributed by atoms with E-state index in [4.69, 9.17) is 18.6 Å². The average molecular weight is 1660 g/mol. The van der Waals surface area contributed by atoms with Gasteiger partial charge < -0.3 is 62.1 Å². The highest BCUT2D eigenvalue weighted by molar-refractivity contribution is 6.00. The van der Waals surface area contributed by atoms with Crippen LogP contribution < -0.4 is 37.6 Å². The number of carbonyl (C=O) groups excluding carboxylic acids is 6. The molecule has 4 saturated heterocycles. The number of likely N-dealkylation sites (tertiary alicyclic amines) is 1. The first-order chi connectivity index (χ1) is 60.5. The van der Waals surface area contributed by atoms with E-state index in [1.807, 2.05) is 150 Å². The molecule has 640 valence electrons. The third kappa shape index (κ3) is 25.3. The van der Waals surface area contributed by atoms with E-state index in [0.717, 1.165) is 96.2 Å². The first-order valence-electron chi connectivity index (χ1n) is 44.0. The highest BCUT2D eigenvalue weighted by Gasteiger charge is 2.36. The van der Waals surface area contributed by atoms with Crippen molar-refractivity contribution in [2.45, 2.75) is 125 Å². The number of nitrogens with one attached hydrogen (secondary N) is 6. The van der Waals surface area contributed by atoms with Gasteiger partial charge in [-0.15, -0.1) is 12.8 Å². The Kier molecular flexibility index (Phi) is 32.7. The Morgan fingerprint density at radius 1 is 0.435 bits per heavy atom. The minimum Gasteiger partial charge on any atom is -0.350 e. The third-order valence-corrected chi connectivity index (χ3v) is 24.3. The Hall–Kier alpha value is -12.2. The number of halogens is 1. The van der Waals surface area contributed by atoms with Gasteiger partial charge in [0.05, 0.1) is 18.1 Å². The summed E-state index contributed by atoms with van der Waals surface area (Å²) in [6.07, 6.45) is 21.0. The van der Waals surface area contributed by atoms with Crippen LogP contribution in [0.3, 0.4) is 0 Å². The molecule has 18 nitrogen and oxygen atoms in total. The molecule has 124 heavy (non-hydrogen) atoms. The summed E-state index contributed by atoms with van der Waals surface area (Å²) in [5.74, 6) is 5.02. The molecule has 0 unspecified atom stereocenters. The Bertz CT molecular complexity index is 5360. The quantitative estimate of drug-likeness (QED) is 0.0218. The van der Waals surface area contributed by atoms with Crippen molar-refractivity contribution in [3.05, 3.63) is 322 Å². The molecule has 11 aromatic carbocycles. The number of piperidine rings is 1. The van der Waals surface area contributed by atoms with Crippen LogP contribution in [0.2, 0.25) is 0 Å². The smallest absolute Gasteiger partial charge is 0.251 e. The molecule has 8 N–H and O–H groups in total. The van der Waals surface area contributed by atoms with Gasteiger partial charge in [0.25, 0.3) is 17.7 Å². The predicted octanol–water partition coefficient (Wildman–Crippen LogP) is 14.3. The lowest BCUT2D eigenvalue weighted by molar-refractivity contribution is -0.134. The summed E-state index contributed by atoms with van der Waals surface area (Å²) in [4.78, 5) is 91.3. The van der Waals surface area contributed by atoms with E-state index in [0.29, 0.717) is 113 Å². The van der Waals surface area contributed by atoms with Crippen molar-refractivity contribution in [1.82, 2.24) is 56.4 Å². The van der Waals surface area contributed by atoms with Crippen molar-refractivity contribution < 1.29 is 33.2 Å². The summed E-state index contributed by atoms with van der Waals surface area (Å²) < 4.78 is 13.6. The van der Waals surface area contributed by atoms with Gasteiger partial charge in [0.2, 0.25) is 17.7 Å². The number of amides is 6. The monoisotopic (exact) mass is 1660 g/mol. The summed E-state index contributed by atoms with van der Waals surface area (Å²) in [5.41, 5.74) is 14.6. The van der Waals surface area contributed by atoms with Gasteiger partial charge in [-0.05, 0) is 238 Å². The Morgan fingerprint density at radius 3 is 1.22 bits per heavy atom. The van der Waals surface area contributed by atoms with Gasteiger partial charge in [0.1, 0.15) is 5.82 Å². The Labute approximate surface area is 730 Å². The fourth-order valence-electron chi connectivity index (χ4n) is 17.4. The van der Waals surface area contributed by atoms with Crippen LogP contribution in [0, 0.1) is 30.5 Å². The van der Waals surface area contributed by atoms with E-state index >= 15 is 0 Å². The zero-order valence-electron chi connectivity index (χ0n) is 71.4. The number of rotatable bonds is 29. The number of carbonyl (C=O) groups is 6. The zero-order valence-corrected chi connectivity index (χ0v) is 71.4. The Balaban J connectivity index is 0.000000161. The molecule has 11 aromatic rings. The van der Waals surface area contributed by atoms with Gasteiger partial charge in [-0.2, -0.15) is 0 Å². The maximum Gasteiger partial charge on any atom is 0.251 e. The summed E-state index contributed by atoms with van der Waals surface area (Å²) in [7, 11) is 4.06. The van der Waals surface area contributed by atoms with Crippen molar-refractivity contribution in [2.75, 3.05) is 99.2 Å². The SMILES string of the molecule is C#Cc1cc(C#C)cc(CN2CC[C@@H](CNC(=O)c3ccc4ccccc4c3)N[C@@H](CCCN)C2=O)c1.CN(C)CC[C@@H]1N[C@H](CNC(=O)c2ccc3ccccc3c2)CCN(CC(c2ccccc2)c2ccccc2)C1=O.O=C(NC[C@@H]1CCN(CC(c2ccccc2)c2ccccc2)C(=O)[C@H](CCCN2CCCCC2)N1)c1ccc2cc(F)ccc2c1. The number of benzene rings is 11. The fraction of sp³-hybridized carbons (Fsp3) is 0.333. The lowest BCUT2D eigenvalue weighted by atomic mass is 9.90. The summed E-state index contributed by atoms with van der Waals surface area (Å²) in [6, 6.07) is 83.6. The molecular weight excluding hydrogens is 1540 g/mol. The van der Waals surface area contributed by atoms with Gasteiger partial charge in [-0.3, -0.25) is 28.8 Å². The van der Waals surface area contributed by atoms with Crippen molar-refractivity contribution in [3.8, 4) is 24.7 Å². The molecule has 6 atom stereocenters. The molecule has 4 aliphatic rings. The lowest BCUT2D eigenvalue weighted by Gasteiger charge is -2.30. The summed E-state index contributed by atoms with van der Waals surface area (Å²) in [5, 5.41) is 25.9. The van der Waals surface area contributed by atoms with E-state index in [1.165, 1.54) is 53.6 Å². The molecule has 0 bridgehead atoms. The van der Waals surface area contributed by atoms with Crippen LogP contribution in [-0.2, 0) is 20.9 Å². The lowest BCUT2D eigenvalue weighted by Crippen LogP contribution is -2.50. The Morgan fingerprint density at radius 2 is 0.798 bits per heavy atom. The molecule has 0 aliphatic carbocycles. The van der Waals surface area contributed by atoms with E-state index in [-0.39, 0.29) is 89.3 Å². The van der Waals surface area contributed by atoms with E-state index in [1.54, 1.807) is 30.3 Å². The largest absolute Gasteiger partial charge is 0.350 e. The van der Waals surface area contributed by atoms with Gasteiger partial charge in [-0.1, -0.05) is 212 Å². The van der Waals surface area contributed by atoms with Gasteiger partial charge in [-0.25, -0.2) is 4.39 Å². The van der Waals surface area contributed by atoms with E-state index < -0.39 is 0 Å². The highest BCUT2D eigenvalue weighted by Crippen LogP contribution is 2.31. The van der Waals surface area contributed by atoms with Crippen molar-refractivity contribution >= 4 is 67.8 Å². The number of hydrogen-bond donors (Lipinski definition) is 7. The van der Waals surface area contributed by atoms with Crippen LogP contribution in [-0.4, -0.2) is 195 Å². The zero-order chi connectivity index (χ0) is 86.5. The normalized spacial score (nSPS) is 18.3. The van der Waals surface area contributed by atoms with Crippen LogP contribution in [0.1, 0.15) is 152 Å². The first kappa shape index (κ1) is 89.6. The average Bonchev–Trinajstić information content (AvgIpc) is 1.81. The minimum atomic E-state index is -0.378. The van der Waals surface area contributed by atoms with E-state index in [9.17, 15) is 33.2 Å². The first-order valence-corrected chi connectivity index (χ1v) is 44.0. The molecule has 0 spiro atoms. The molecule has 4 fully saturated rings. The second-order valence-corrected chi connectivity index (χ2v) is 33.4. The molecule has 0 saturated carbocycles. The van der Waals surface area contributed by atoms with Crippen LogP contribution in [0.4, 0.5) is 4.39 Å². The number of fused-ring (bicyclic) bond motifs is 3. The fourth-order valence-corrected chi connectivity index (χ4v) is 17.4. The standard InChI is InChI=1S/C39H45FN4O2.C35H40N4O2.C31H32N4O2/c40-34-19-18-31-25-33(17-16-32(31)26-34)38(45)41-27-35-20-24-44(39(46)37(42-35)15-10-23-43-21-8-3-9-22-43)28-36(29-11-4-1-5-12-29)30-13-6-2-7-14-30;1-38(2)21-20-33-35(41)39(25-32(27-12-5-3-6-13-27)28-14-7-4-8-15-28)22-19-31(37-33)24-36-34(40)30-18-17-26-11-9-10-16-29(26)23-30;1-3-22-16-23(4-2)18-24(17-22)21-35-15-13-28(34-29(31(35)37)10-7-14-32)20-33-30(36)27-12-11-25-8-5-6-9-26(25)19-27/h1-2,4-7,11-14,16-19,25-26,35-37,42H,3,8-10,15,20-24,27-28H2,(H,41,45);3-18,23,31-33,37H,19-22,24-25H2,1-2H3,(H,36,40);1-2,5-6,8-9,11-12,16-19,28-29,34H,7,10,13-15,20-21,32H2,(H,33,36)/t35-,37-;31-,33-;28-,29-/m000/s1. The number of nitrogens with two attached hydrogens (primary N) is 1. The molecule has 4 heterocycles. The number of nitrogens with zero attached hydrogens (tertiary/aromatic N) is 5. The molecule has 0 radical (unpaired) electrons. The van der Waals surface area contributed by atoms with Crippen LogP contribution in [0.25, 0.3) is 32.3 Å². The second kappa shape index (κ2) is 45.3. The summed E-state index contributed by atoms with van der Waals surface area (Å²) in [6.45, 7) is 9.34. The highest BCUT2D eigenvalue weighted by atomic mass is 19.1. The summed E-state index contributed by atoms with van der Waals surface area (Å²) >= 11 is 0. The minimum absolute atomic E-state index is 0.00702. The van der Waals surface area contributed by atoms with Crippen LogP contribution >= 0.6 is 0 Å². The van der Waals surface area contributed by atoms with Crippen molar-refractivity contribution in [3.63, 3.8) is 0 Å². The predicted molar refractivity (Wildman–Crippen MR) is 496 cm³/mol. The maximum absolute atomic E-state index is 14.2. The van der Waals surface area contributed by atoms with E-state index in [2.05, 4.69) is 151 Å². The molecule has 6 amide bonds. The molecule has 4 aliphatic heterocycles. The van der Waals surface area contributed by atoms with Gasteiger partial charge in [0.15, 0.2) is 0 Å².